The van der Waals surface area contributed by atoms with Crippen molar-refractivity contribution in [1.82, 2.24) is 14.7 Å². The van der Waals surface area contributed by atoms with Gasteiger partial charge in [0.05, 0.1) is 22.6 Å². The fourth-order valence-electron chi connectivity index (χ4n) is 3.72. The van der Waals surface area contributed by atoms with Gasteiger partial charge in [0, 0.05) is 13.6 Å². The molecule has 0 saturated carbocycles. The average Bonchev–Trinajstić information content (AvgIpc) is 3.07. The zero-order valence-corrected chi connectivity index (χ0v) is 18.0. The maximum Gasteiger partial charge on any atom is 0.257 e. The Hall–Kier alpha value is -2.88. The number of carbonyl (C=O) groups excluding carboxylic acids is 1. The van der Waals surface area contributed by atoms with E-state index in [4.69, 9.17) is 5.10 Å². The molecule has 0 spiro atoms. The summed E-state index contributed by atoms with van der Waals surface area (Å²) in [6, 6.07) is 18.4. The summed E-state index contributed by atoms with van der Waals surface area (Å²) in [5.41, 5.74) is 6.05. The van der Waals surface area contributed by atoms with Crippen molar-refractivity contribution >= 4 is 5.91 Å². The van der Waals surface area contributed by atoms with Crippen molar-refractivity contribution in [3.05, 3.63) is 82.7 Å². The quantitative estimate of drug-likeness (QED) is 0.520. The predicted octanol–water partition coefficient (Wildman–Crippen LogP) is 5.36. The highest BCUT2D eigenvalue weighted by Crippen LogP contribution is 2.24. The summed E-state index contributed by atoms with van der Waals surface area (Å²) in [6.07, 6.45) is 3.55. The van der Waals surface area contributed by atoms with Gasteiger partial charge in [-0.15, -0.1) is 0 Å². The van der Waals surface area contributed by atoms with Crippen LogP contribution in [0.15, 0.2) is 54.6 Å². The molecule has 0 unspecified atom stereocenters. The molecule has 0 fully saturated rings. The van der Waals surface area contributed by atoms with Crippen LogP contribution in [0.25, 0.3) is 5.69 Å². The first-order chi connectivity index (χ1) is 14.0. The van der Waals surface area contributed by atoms with Gasteiger partial charge in [0.25, 0.3) is 5.91 Å². The van der Waals surface area contributed by atoms with Crippen LogP contribution in [0, 0.1) is 6.92 Å². The smallest absolute Gasteiger partial charge is 0.257 e. The van der Waals surface area contributed by atoms with Gasteiger partial charge >= 0.3 is 0 Å². The number of hydrogen-bond donors (Lipinski definition) is 0. The number of hydrogen-bond acceptors (Lipinski definition) is 2. The largest absolute Gasteiger partial charge is 0.337 e. The van der Waals surface area contributed by atoms with E-state index in [2.05, 4.69) is 51.1 Å². The maximum atomic E-state index is 13.5. The Kier molecular flexibility index (Phi) is 6.86. The van der Waals surface area contributed by atoms with Crippen LogP contribution in [-0.4, -0.2) is 27.6 Å². The second-order valence-electron chi connectivity index (χ2n) is 7.67. The van der Waals surface area contributed by atoms with Gasteiger partial charge in [0.15, 0.2) is 0 Å². The molecule has 29 heavy (non-hydrogen) atoms. The van der Waals surface area contributed by atoms with Gasteiger partial charge in [-0.05, 0) is 43.0 Å². The van der Waals surface area contributed by atoms with E-state index in [1.807, 2.05) is 40.9 Å². The second-order valence-corrected chi connectivity index (χ2v) is 7.67. The van der Waals surface area contributed by atoms with Crippen LogP contribution >= 0.6 is 0 Å². The number of aryl methyl sites for hydroxylation is 2. The highest BCUT2D eigenvalue weighted by molar-refractivity contribution is 5.96. The van der Waals surface area contributed by atoms with Crippen LogP contribution in [0.4, 0.5) is 0 Å². The van der Waals surface area contributed by atoms with Crippen LogP contribution in [0.2, 0.25) is 0 Å². The lowest BCUT2D eigenvalue weighted by Gasteiger charge is -2.18. The van der Waals surface area contributed by atoms with Crippen molar-refractivity contribution in [3.8, 4) is 5.69 Å². The maximum absolute atomic E-state index is 13.5. The minimum Gasteiger partial charge on any atom is -0.337 e. The molecule has 2 aromatic carbocycles. The third kappa shape index (κ3) is 4.76. The van der Waals surface area contributed by atoms with Gasteiger partial charge in [-0.25, -0.2) is 4.68 Å². The lowest BCUT2D eigenvalue weighted by molar-refractivity contribution is 0.0783. The highest BCUT2D eigenvalue weighted by atomic mass is 16.2. The van der Waals surface area contributed by atoms with Gasteiger partial charge < -0.3 is 4.90 Å². The Morgan fingerprint density at radius 1 is 1.00 bits per heavy atom. The van der Waals surface area contributed by atoms with Gasteiger partial charge in [-0.2, -0.15) is 5.10 Å². The Morgan fingerprint density at radius 2 is 1.72 bits per heavy atom. The molecule has 0 bridgehead atoms. The summed E-state index contributed by atoms with van der Waals surface area (Å²) in [5, 5.41) is 4.91. The topological polar surface area (TPSA) is 38.1 Å². The van der Waals surface area contributed by atoms with Crippen molar-refractivity contribution in [2.75, 3.05) is 7.05 Å². The summed E-state index contributed by atoms with van der Waals surface area (Å²) >= 11 is 0. The van der Waals surface area contributed by atoms with Crippen molar-refractivity contribution in [1.29, 1.82) is 0 Å². The molecule has 0 saturated heterocycles. The van der Waals surface area contributed by atoms with E-state index in [9.17, 15) is 4.79 Å². The lowest BCUT2D eigenvalue weighted by atomic mass is 10.0. The lowest BCUT2D eigenvalue weighted by Crippen LogP contribution is -2.28. The van der Waals surface area contributed by atoms with Gasteiger partial charge in [-0.1, -0.05) is 69.2 Å². The van der Waals surface area contributed by atoms with Crippen molar-refractivity contribution in [2.24, 2.45) is 0 Å². The van der Waals surface area contributed by atoms with Gasteiger partial charge in [-0.3, -0.25) is 4.79 Å². The first kappa shape index (κ1) is 20.8. The van der Waals surface area contributed by atoms with Gasteiger partial charge in [0.2, 0.25) is 0 Å². The number of rotatable bonds is 8. The van der Waals surface area contributed by atoms with Crippen LogP contribution in [0.1, 0.15) is 59.6 Å². The first-order valence-corrected chi connectivity index (χ1v) is 10.5. The molecule has 1 heterocycles. The molecule has 0 aliphatic carbocycles. The van der Waals surface area contributed by atoms with E-state index >= 15 is 0 Å². The van der Waals surface area contributed by atoms with Gasteiger partial charge in [0.1, 0.15) is 0 Å². The molecule has 4 heteroatoms. The molecule has 4 nitrogen and oxygen atoms in total. The zero-order valence-electron chi connectivity index (χ0n) is 18.0. The summed E-state index contributed by atoms with van der Waals surface area (Å²) in [7, 11) is 1.88. The Balaban J connectivity index is 2.04. The van der Waals surface area contributed by atoms with E-state index in [-0.39, 0.29) is 5.91 Å². The van der Waals surface area contributed by atoms with E-state index in [0.717, 1.165) is 53.9 Å². The number of carbonyl (C=O) groups is 1. The fourth-order valence-corrected chi connectivity index (χ4v) is 3.72. The number of nitrogens with zero attached hydrogens (tertiary/aromatic N) is 3. The van der Waals surface area contributed by atoms with Crippen molar-refractivity contribution in [2.45, 2.75) is 53.0 Å². The first-order valence-electron chi connectivity index (χ1n) is 10.5. The molecular weight excluding hydrogens is 358 g/mol. The molecule has 3 aromatic rings. The van der Waals surface area contributed by atoms with E-state index in [1.165, 1.54) is 5.56 Å². The highest BCUT2D eigenvalue weighted by Gasteiger charge is 2.26. The standard InChI is InChI=1S/C25H31N3O/c1-5-11-22-24(25(29)27(4)18-20-14-8-7-9-15-20)23(12-6-2)28(26-22)21-16-10-13-19(3)17-21/h7-10,13-17H,5-6,11-12,18H2,1-4H3. The molecule has 152 valence electrons. The molecule has 3 rings (SSSR count). The molecular formula is C25H31N3O. The minimum atomic E-state index is 0.0552. The van der Waals surface area contributed by atoms with Crippen LogP contribution in [-0.2, 0) is 19.4 Å². The van der Waals surface area contributed by atoms with Crippen LogP contribution < -0.4 is 0 Å². The van der Waals surface area contributed by atoms with E-state index in [0.29, 0.717) is 6.54 Å². The van der Waals surface area contributed by atoms with E-state index in [1.54, 1.807) is 0 Å². The molecule has 0 N–H and O–H groups in total. The fraction of sp³-hybridized carbons (Fsp3) is 0.360. The summed E-state index contributed by atoms with van der Waals surface area (Å²) in [4.78, 5) is 15.3. The van der Waals surface area contributed by atoms with E-state index < -0.39 is 0 Å². The average molecular weight is 390 g/mol. The Morgan fingerprint density at radius 3 is 2.38 bits per heavy atom. The van der Waals surface area contributed by atoms with Crippen LogP contribution in [0.5, 0.6) is 0 Å². The Labute approximate surface area is 174 Å². The normalized spacial score (nSPS) is 10.9. The predicted molar refractivity (Wildman–Crippen MR) is 119 cm³/mol. The second kappa shape index (κ2) is 9.55. The molecule has 0 radical (unpaired) electrons. The van der Waals surface area contributed by atoms with Crippen molar-refractivity contribution in [3.63, 3.8) is 0 Å². The minimum absolute atomic E-state index is 0.0552. The third-order valence-corrected chi connectivity index (χ3v) is 5.10. The number of benzene rings is 2. The molecule has 0 aliphatic rings. The molecule has 1 aromatic heterocycles. The SMILES string of the molecule is CCCc1nn(-c2cccc(C)c2)c(CCC)c1C(=O)N(C)Cc1ccccc1. The molecule has 0 aliphatic heterocycles. The number of amides is 1. The molecule has 1 amide bonds. The zero-order chi connectivity index (χ0) is 20.8. The monoisotopic (exact) mass is 389 g/mol. The summed E-state index contributed by atoms with van der Waals surface area (Å²) in [6.45, 7) is 6.95. The summed E-state index contributed by atoms with van der Waals surface area (Å²) < 4.78 is 1.99. The van der Waals surface area contributed by atoms with Crippen molar-refractivity contribution < 1.29 is 4.79 Å². The summed E-state index contributed by atoms with van der Waals surface area (Å²) in [5.74, 6) is 0.0552. The number of aromatic nitrogens is 2. The Bertz CT molecular complexity index is 959. The molecule has 0 atom stereocenters. The van der Waals surface area contributed by atoms with Crippen LogP contribution in [0.3, 0.4) is 0 Å². The third-order valence-electron chi connectivity index (χ3n) is 5.10.